The zero-order valence-electron chi connectivity index (χ0n) is 13.8. The largest absolute Gasteiger partial charge is 0.395 e. The zero-order chi connectivity index (χ0) is 16.3. The number of allylic oxidation sites excluding steroid dienone is 1. The van der Waals surface area contributed by atoms with E-state index in [2.05, 4.69) is 64.8 Å². The van der Waals surface area contributed by atoms with Crippen molar-refractivity contribution in [1.29, 1.82) is 0 Å². The second-order valence-corrected chi connectivity index (χ2v) is 5.59. The van der Waals surface area contributed by atoms with Crippen LogP contribution in [-0.2, 0) is 13.0 Å². The molecule has 0 unspecified atom stereocenters. The molecule has 0 aliphatic rings. The van der Waals surface area contributed by atoms with E-state index in [1.807, 2.05) is 19.2 Å². The van der Waals surface area contributed by atoms with Gasteiger partial charge in [-0.05, 0) is 17.5 Å². The average molecular weight is 310 g/mol. The molecule has 0 bridgehead atoms. The molecule has 23 heavy (non-hydrogen) atoms. The van der Waals surface area contributed by atoms with E-state index in [0.29, 0.717) is 6.54 Å². The summed E-state index contributed by atoms with van der Waals surface area (Å²) < 4.78 is 0. The Balaban J connectivity index is 1.98. The molecule has 2 rings (SSSR count). The fourth-order valence-electron chi connectivity index (χ4n) is 2.54. The summed E-state index contributed by atoms with van der Waals surface area (Å²) in [5.74, 6) is 0. The fraction of sp³-hybridized carbons (Fsp3) is 0.300. The van der Waals surface area contributed by atoms with Crippen LogP contribution in [0.3, 0.4) is 0 Å². The van der Waals surface area contributed by atoms with Crippen molar-refractivity contribution in [3.63, 3.8) is 0 Å². The first kappa shape index (κ1) is 17.3. The molecule has 2 aromatic carbocycles. The molecule has 3 heteroatoms. The number of likely N-dealkylation sites (N-methyl/N-ethyl adjacent to an activating group) is 1. The van der Waals surface area contributed by atoms with Gasteiger partial charge < -0.3 is 10.4 Å². The second-order valence-electron chi connectivity index (χ2n) is 5.59. The van der Waals surface area contributed by atoms with E-state index in [1.165, 1.54) is 16.8 Å². The van der Waals surface area contributed by atoms with Crippen LogP contribution in [0.4, 0.5) is 0 Å². The molecular weight excluding hydrogens is 284 g/mol. The first-order valence-electron chi connectivity index (χ1n) is 8.09. The summed E-state index contributed by atoms with van der Waals surface area (Å²) in [7, 11) is 1.95. The Kier molecular flexibility index (Phi) is 7.37. The van der Waals surface area contributed by atoms with E-state index in [-0.39, 0.29) is 6.61 Å². The molecule has 0 fully saturated rings. The minimum absolute atomic E-state index is 0.169. The number of aliphatic hydroxyl groups is 1. The van der Waals surface area contributed by atoms with Crippen LogP contribution in [0.5, 0.6) is 0 Å². The summed E-state index contributed by atoms with van der Waals surface area (Å²) in [5.41, 5.74) is 3.75. The van der Waals surface area contributed by atoms with Gasteiger partial charge in [0.25, 0.3) is 0 Å². The Morgan fingerprint density at radius 1 is 1.00 bits per heavy atom. The highest BCUT2D eigenvalue weighted by Gasteiger charge is 2.07. The predicted molar refractivity (Wildman–Crippen MR) is 96.1 cm³/mol. The summed E-state index contributed by atoms with van der Waals surface area (Å²) in [5, 5.41) is 12.6. The summed E-state index contributed by atoms with van der Waals surface area (Å²) >= 11 is 0. The van der Waals surface area contributed by atoms with E-state index in [1.54, 1.807) is 0 Å². The quantitative estimate of drug-likeness (QED) is 0.747. The molecule has 0 aliphatic heterocycles. The third-order valence-corrected chi connectivity index (χ3v) is 3.81. The Morgan fingerprint density at radius 2 is 1.61 bits per heavy atom. The zero-order valence-corrected chi connectivity index (χ0v) is 13.8. The van der Waals surface area contributed by atoms with E-state index < -0.39 is 0 Å². The number of aliphatic hydroxyl groups excluding tert-OH is 1. The van der Waals surface area contributed by atoms with Gasteiger partial charge in [0, 0.05) is 32.4 Å². The summed E-state index contributed by atoms with van der Waals surface area (Å²) in [6.07, 6.45) is 3.14. The van der Waals surface area contributed by atoms with Crippen molar-refractivity contribution < 1.29 is 5.11 Å². The smallest absolute Gasteiger partial charge is 0.0558 e. The number of rotatable bonds is 9. The molecule has 0 saturated heterocycles. The highest BCUT2D eigenvalue weighted by Crippen LogP contribution is 2.07. The molecule has 0 atom stereocenters. The Morgan fingerprint density at radius 3 is 2.17 bits per heavy atom. The third kappa shape index (κ3) is 6.27. The summed E-state index contributed by atoms with van der Waals surface area (Å²) in [6.45, 7) is 2.48. The molecule has 0 heterocycles. The van der Waals surface area contributed by atoms with Crippen LogP contribution in [0, 0.1) is 0 Å². The number of benzene rings is 2. The molecule has 0 aliphatic carbocycles. The van der Waals surface area contributed by atoms with Crippen LogP contribution in [0.2, 0.25) is 0 Å². The maximum absolute atomic E-state index is 9.33. The van der Waals surface area contributed by atoms with Crippen molar-refractivity contribution in [2.75, 3.05) is 26.7 Å². The van der Waals surface area contributed by atoms with Gasteiger partial charge in [0.1, 0.15) is 0 Å². The SMILES string of the molecule is CN/C(=C\Cc1ccccc1)CN(CCO)Cc1ccccc1. The molecule has 0 aromatic heterocycles. The summed E-state index contributed by atoms with van der Waals surface area (Å²) in [4.78, 5) is 2.25. The van der Waals surface area contributed by atoms with Crippen LogP contribution >= 0.6 is 0 Å². The van der Waals surface area contributed by atoms with E-state index >= 15 is 0 Å². The molecular formula is C20H26N2O. The lowest BCUT2D eigenvalue weighted by Crippen LogP contribution is -2.31. The van der Waals surface area contributed by atoms with Crippen molar-refractivity contribution in [2.24, 2.45) is 0 Å². The number of hydrogen-bond donors (Lipinski definition) is 2. The standard InChI is InChI=1S/C20H26N2O/c1-21-20(13-12-18-8-4-2-5-9-18)17-22(14-15-23)16-19-10-6-3-7-11-19/h2-11,13,21,23H,12,14-17H2,1H3/b20-13-. The molecule has 2 aromatic rings. The van der Waals surface area contributed by atoms with E-state index in [4.69, 9.17) is 0 Å². The fourth-order valence-corrected chi connectivity index (χ4v) is 2.54. The lowest BCUT2D eigenvalue weighted by Gasteiger charge is -2.23. The van der Waals surface area contributed by atoms with Gasteiger partial charge in [-0.1, -0.05) is 66.7 Å². The third-order valence-electron chi connectivity index (χ3n) is 3.81. The van der Waals surface area contributed by atoms with Gasteiger partial charge in [0.2, 0.25) is 0 Å². The van der Waals surface area contributed by atoms with Crippen LogP contribution in [0.1, 0.15) is 11.1 Å². The highest BCUT2D eigenvalue weighted by molar-refractivity contribution is 5.19. The lowest BCUT2D eigenvalue weighted by atomic mass is 10.1. The van der Waals surface area contributed by atoms with Gasteiger partial charge in [-0.15, -0.1) is 0 Å². The van der Waals surface area contributed by atoms with Crippen molar-refractivity contribution in [2.45, 2.75) is 13.0 Å². The van der Waals surface area contributed by atoms with Crippen molar-refractivity contribution >= 4 is 0 Å². The predicted octanol–water partition coefficient (Wildman–Crippen LogP) is 2.83. The molecule has 0 spiro atoms. The Labute approximate surface area is 139 Å². The molecule has 3 nitrogen and oxygen atoms in total. The Hall–Kier alpha value is -2.10. The maximum Gasteiger partial charge on any atom is 0.0558 e. The van der Waals surface area contributed by atoms with Crippen LogP contribution in [0.25, 0.3) is 0 Å². The first-order valence-corrected chi connectivity index (χ1v) is 8.09. The van der Waals surface area contributed by atoms with Crippen molar-refractivity contribution in [3.8, 4) is 0 Å². The normalized spacial score (nSPS) is 11.7. The number of nitrogens with zero attached hydrogens (tertiary/aromatic N) is 1. The maximum atomic E-state index is 9.33. The molecule has 122 valence electrons. The lowest BCUT2D eigenvalue weighted by molar-refractivity contribution is 0.199. The van der Waals surface area contributed by atoms with Crippen molar-refractivity contribution in [3.05, 3.63) is 83.6 Å². The molecule has 2 N–H and O–H groups in total. The van der Waals surface area contributed by atoms with E-state index in [9.17, 15) is 5.11 Å². The van der Waals surface area contributed by atoms with Gasteiger partial charge in [0.15, 0.2) is 0 Å². The molecule has 0 radical (unpaired) electrons. The number of nitrogens with one attached hydrogen (secondary N) is 1. The molecule has 0 amide bonds. The van der Waals surface area contributed by atoms with Crippen LogP contribution in [0.15, 0.2) is 72.4 Å². The van der Waals surface area contributed by atoms with Gasteiger partial charge in [-0.25, -0.2) is 0 Å². The van der Waals surface area contributed by atoms with Gasteiger partial charge >= 0.3 is 0 Å². The first-order chi connectivity index (χ1) is 11.3. The van der Waals surface area contributed by atoms with Gasteiger partial charge in [-0.3, -0.25) is 4.90 Å². The monoisotopic (exact) mass is 310 g/mol. The van der Waals surface area contributed by atoms with Gasteiger partial charge in [0.05, 0.1) is 6.61 Å². The number of hydrogen-bond acceptors (Lipinski definition) is 3. The topological polar surface area (TPSA) is 35.5 Å². The van der Waals surface area contributed by atoms with Gasteiger partial charge in [-0.2, -0.15) is 0 Å². The van der Waals surface area contributed by atoms with Crippen LogP contribution < -0.4 is 5.32 Å². The van der Waals surface area contributed by atoms with E-state index in [0.717, 1.165) is 19.5 Å². The highest BCUT2D eigenvalue weighted by atomic mass is 16.3. The average Bonchev–Trinajstić information content (AvgIpc) is 2.60. The minimum Gasteiger partial charge on any atom is -0.395 e. The second kappa shape index (κ2) is 9.82. The Bertz CT molecular complexity index is 581. The molecule has 0 saturated carbocycles. The van der Waals surface area contributed by atoms with Crippen LogP contribution in [-0.4, -0.2) is 36.8 Å². The van der Waals surface area contributed by atoms with Crippen molar-refractivity contribution in [1.82, 2.24) is 10.2 Å². The minimum atomic E-state index is 0.169. The summed E-state index contributed by atoms with van der Waals surface area (Å²) in [6, 6.07) is 20.8.